The van der Waals surface area contributed by atoms with E-state index in [1.165, 1.54) is 0 Å². The van der Waals surface area contributed by atoms with Crippen LogP contribution in [0.1, 0.15) is 6.42 Å². The third-order valence-electron chi connectivity index (χ3n) is 3.64. The summed E-state index contributed by atoms with van der Waals surface area (Å²) in [5.41, 5.74) is -4.14. The molecule has 11 heteroatoms. The summed E-state index contributed by atoms with van der Waals surface area (Å²) in [7, 11) is 1.15. The Balaban J connectivity index is 2.68. The fourth-order valence-electron chi connectivity index (χ4n) is 2.54. The molecule has 11 nitrogen and oxygen atoms in total. The number of nitrogens with zero attached hydrogens (tertiary/aromatic N) is 1. The van der Waals surface area contributed by atoms with Gasteiger partial charge >= 0.3 is 11.7 Å². The van der Waals surface area contributed by atoms with Gasteiger partial charge in [-0.3, -0.25) is 19.1 Å². The maximum atomic E-state index is 12.1. The molecule has 0 amide bonds. The normalized spacial score (nSPS) is 30.3. The number of carbonyl (C=O) groups is 1. The van der Waals surface area contributed by atoms with Crippen LogP contribution in [0.4, 0.5) is 0 Å². The molecule has 1 aromatic rings. The van der Waals surface area contributed by atoms with Gasteiger partial charge in [-0.05, 0) is 0 Å². The molecular weight excluding hydrogens is 316 g/mol. The van der Waals surface area contributed by atoms with Crippen molar-refractivity contribution in [3.8, 4) is 5.75 Å². The van der Waals surface area contributed by atoms with E-state index < -0.39 is 54.3 Å². The van der Waals surface area contributed by atoms with Gasteiger partial charge in [0.05, 0.1) is 26.3 Å². The minimum atomic E-state index is -2.22. The summed E-state index contributed by atoms with van der Waals surface area (Å²) in [6.45, 7) is -0.713. The van der Waals surface area contributed by atoms with Crippen LogP contribution in [0, 0.1) is 0 Å². The zero-order valence-corrected chi connectivity index (χ0v) is 12.0. The van der Waals surface area contributed by atoms with Crippen molar-refractivity contribution in [1.29, 1.82) is 0 Å². The summed E-state index contributed by atoms with van der Waals surface area (Å²) < 4.78 is 10.7. The lowest BCUT2D eigenvalue weighted by atomic mass is 9.99. The molecular formula is C12H16N2O9. The van der Waals surface area contributed by atoms with Crippen molar-refractivity contribution in [2.45, 2.75) is 30.5 Å². The molecule has 1 saturated heterocycles. The number of aromatic amines is 1. The molecule has 1 aliphatic heterocycles. The van der Waals surface area contributed by atoms with Crippen LogP contribution in [0.5, 0.6) is 5.75 Å². The first-order valence-electron chi connectivity index (χ1n) is 6.54. The van der Waals surface area contributed by atoms with Crippen molar-refractivity contribution in [3.63, 3.8) is 0 Å². The molecule has 4 atom stereocenters. The first-order valence-corrected chi connectivity index (χ1v) is 6.54. The minimum absolute atomic E-state index is 0.327. The fourth-order valence-corrected chi connectivity index (χ4v) is 2.54. The van der Waals surface area contributed by atoms with Crippen LogP contribution >= 0.6 is 0 Å². The number of nitrogens with one attached hydrogen (secondary N) is 1. The van der Waals surface area contributed by atoms with Crippen LogP contribution in [-0.2, 0) is 15.3 Å². The Morgan fingerprint density at radius 2 is 2.13 bits per heavy atom. The van der Waals surface area contributed by atoms with Gasteiger partial charge in [-0.15, -0.1) is 0 Å². The van der Waals surface area contributed by atoms with Crippen LogP contribution < -0.4 is 16.0 Å². The lowest BCUT2D eigenvalue weighted by molar-refractivity contribution is -0.174. The first-order chi connectivity index (χ1) is 10.8. The fraction of sp³-hybridized carbons (Fsp3) is 0.583. The van der Waals surface area contributed by atoms with Crippen molar-refractivity contribution < 1.29 is 34.7 Å². The molecule has 2 rings (SSSR count). The molecule has 0 bridgehead atoms. The Labute approximate surface area is 128 Å². The van der Waals surface area contributed by atoms with Gasteiger partial charge in [0.25, 0.3) is 5.56 Å². The molecule has 0 aromatic carbocycles. The average Bonchev–Trinajstić information content (AvgIpc) is 2.72. The van der Waals surface area contributed by atoms with Gasteiger partial charge in [0.15, 0.2) is 5.72 Å². The van der Waals surface area contributed by atoms with Gasteiger partial charge in [0, 0.05) is 0 Å². The number of carboxylic acid groups (broad SMARTS) is 1. The highest BCUT2D eigenvalue weighted by molar-refractivity contribution is 5.68. The average molecular weight is 332 g/mol. The highest BCUT2D eigenvalue weighted by atomic mass is 16.6. The number of hydrogen-bond acceptors (Lipinski definition) is 8. The Morgan fingerprint density at radius 1 is 1.48 bits per heavy atom. The van der Waals surface area contributed by atoms with E-state index in [1.807, 2.05) is 4.98 Å². The largest absolute Gasteiger partial charge is 0.490 e. The van der Waals surface area contributed by atoms with E-state index in [0.29, 0.717) is 4.57 Å². The van der Waals surface area contributed by atoms with Gasteiger partial charge in [0.2, 0.25) is 5.75 Å². The number of rotatable bonds is 5. The van der Waals surface area contributed by atoms with Crippen LogP contribution in [0.25, 0.3) is 0 Å². The molecule has 128 valence electrons. The van der Waals surface area contributed by atoms with E-state index in [2.05, 4.69) is 0 Å². The van der Waals surface area contributed by atoms with Gasteiger partial charge < -0.3 is 29.9 Å². The molecule has 2 heterocycles. The van der Waals surface area contributed by atoms with E-state index in [0.717, 1.165) is 13.3 Å². The number of methoxy groups -OCH3 is 1. The zero-order valence-electron chi connectivity index (χ0n) is 12.0. The summed E-state index contributed by atoms with van der Waals surface area (Å²) in [5.74, 6) is -1.76. The summed E-state index contributed by atoms with van der Waals surface area (Å²) in [4.78, 5) is 36.6. The summed E-state index contributed by atoms with van der Waals surface area (Å²) in [6.07, 6.45) is -4.82. The van der Waals surface area contributed by atoms with Crippen molar-refractivity contribution in [2.24, 2.45) is 0 Å². The predicted molar refractivity (Wildman–Crippen MR) is 72.1 cm³/mol. The standard InChI is InChI=1S/C12H16N2O9/c1-22-5-3-14(11(21)13-10(5)20)12(2-7(16)17)9(19)8(18)6(4-15)23-12/h3,6,8-9,15,18-19H,2,4H2,1H3,(H,16,17)(H,13,20,21)/t6-,8-,9-,12-/m1/s1. The quantitative estimate of drug-likeness (QED) is 0.372. The molecule has 0 saturated carbocycles. The number of hydrogen-bond donors (Lipinski definition) is 5. The second kappa shape index (κ2) is 6.12. The zero-order chi connectivity index (χ0) is 17.4. The van der Waals surface area contributed by atoms with Gasteiger partial charge in [-0.1, -0.05) is 0 Å². The number of H-pyrrole nitrogens is 1. The topological polar surface area (TPSA) is 171 Å². The van der Waals surface area contributed by atoms with E-state index in [-0.39, 0.29) is 5.75 Å². The smallest absolute Gasteiger partial charge is 0.331 e. The molecule has 0 unspecified atom stereocenters. The molecule has 0 aliphatic carbocycles. The summed E-state index contributed by atoms with van der Waals surface area (Å²) >= 11 is 0. The van der Waals surface area contributed by atoms with Gasteiger partial charge in [-0.2, -0.15) is 0 Å². The highest BCUT2D eigenvalue weighted by Crippen LogP contribution is 2.37. The van der Waals surface area contributed by atoms with E-state index in [4.69, 9.17) is 19.7 Å². The third kappa shape index (κ3) is 2.74. The Hall–Kier alpha value is -2.21. The second-order valence-corrected chi connectivity index (χ2v) is 5.02. The van der Waals surface area contributed by atoms with Gasteiger partial charge in [0.1, 0.15) is 18.3 Å². The molecule has 1 fully saturated rings. The number of aromatic nitrogens is 2. The lowest BCUT2D eigenvalue weighted by Crippen LogP contribution is -2.52. The second-order valence-electron chi connectivity index (χ2n) is 5.02. The molecule has 1 aliphatic rings. The van der Waals surface area contributed by atoms with E-state index >= 15 is 0 Å². The third-order valence-corrected chi connectivity index (χ3v) is 3.64. The van der Waals surface area contributed by atoms with Crippen molar-refractivity contribution in [2.75, 3.05) is 13.7 Å². The monoisotopic (exact) mass is 332 g/mol. The Kier molecular flexibility index (Phi) is 4.56. The summed E-state index contributed by atoms with van der Waals surface area (Å²) in [5, 5.41) is 38.4. The van der Waals surface area contributed by atoms with E-state index in [9.17, 15) is 24.6 Å². The maximum absolute atomic E-state index is 12.1. The molecule has 1 aromatic heterocycles. The number of aliphatic carboxylic acids is 1. The van der Waals surface area contributed by atoms with Crippen LogP contribution in [0.2, 0.25) is 0 Å². The Bertz CT molecular complexity index is 711. The van der Waals surface area contributed by atoms with Crippen molar-refractivity contribution >= 4 is 5.97 Å². The molecule has 5 N–H and O–H groups in total. The predicted octanol–water partition coefficient (Wildman–Crippen LogP) is -3.21. The number of aliphatic hydroxyl groups is 3. The van der Waals surface area contributed by atoms with Crippen LogP contribution in [0.3, 0.4) is 0 Å². The number of carboxylic acids is 1. The Morgan fingerprint density at radius 3 is 2.61 bits per heavy atom. The van der Waals surface area contributed by atoms with Crippen molar-refractivity contribution in [1.82, 2.24) is 9.55 Å². The highest BCUT2D eigenvalue weighted by Gasteiger charge is 2.57. The number of ether oxygens (including phenoxy) is 2. The van der Waals surface area contributed by atoms with Crippen LogP contribution in [-0.4, -0.2) is 68.0 Å². The van der Waals surface area contributed by atoms with Crippen molar-refractivity contribution in [3.05, 3.63) is 27.0 Å². The molecule has 0 spiro atoms. The lowest BCUT2D eigenvalue weighted by Gasteiger charge is -2.32. The number of aliphatic hydroxyl groups excluding tert-OH is 3. The molecule has 23 heavy (non-hydrogen) atoms. The summed E-state index contributed by atoms with van der Waals surface area (Å²) in [6, 6.07) is 0. The molecule has 0 radical (unpaired) electrons. The maximum Gasteiger partial charge on any atom is 0.331 e. The first kappa shape index (κ1) is 17.1. The van der Waals surface area contributed by atoms with Crippen LogP contribution in [0.15, 0.2) is 15.8 Å². The SMILES string of the molecule is COc1cn([C@]2(CC(=O)O)O[C@H](CO)[C@@H](O)[C@H]2O)c(=O)[nH]c1=O. The van der Waals surface area contributed by atoms with Gasteiger partial charge in [-0.25, -0.2) is 4.79 Å². The minimum Gasteiger partial charge on any atom is -0.490 e. The van der Waals surface area contributed by atoms with E-state index in [1.54, 1.807) is 0 Å².